The predicted molar refractivity (Wildman–Crippen MR) is 79.2 cm³/mol. The van der Waals surface area contributed by atoms with Gasteiger partial charge in [0, 0.05) is 12.1 Å². The highest BCUT2D eigenvalue weighted by Crippen LogP contribution is 2.32. The van der Waals surface area contributed by atoms with Gasteiger partial charge in [-0.1, -0.05) is 6.07 Å². The minimum absolute atomic E-state index is 0.251. The van der Waals surface area contributed by atoms with Gasteiger partial charge in [0.15, 0.2) is 11.5 Å². The van der Waals surface area contributed by atoms with Gasteiger partial charge in [0.1, 0.15) is 0 Å². The molecule has 0 spiro atoms. The molecule has 20 heavy (non-hydrogen) atoms. The Labute approximate surface area is 121 Å². The number of aliphatic hydroxyl groups excluding tert-OH is 1. The minimum atomic E-state index is -0.251. The number of ether oxygens (including phenoxy) is 2. The summed E-state index contributed by atoms with van der Waals surface area (Å²) in [6.07, 6.45) is 2.60. The summed E-state index contributed by atoms with van der Waals surface area (Å²) in [6.45, 7) is 6.46. The number of fused-ring (bicyclic) bond motifs is 1. The molecule has 0 aromatic heterocycles. The van der Waals surface area contributed by atoms with Crippen molar-refractivity contribution in [2.45, 2.75) is 58.2 Å². The van der Waals surface area contributed by atoms with E-state index in [2.05, 4.69) is 31.3 Å². The number of aliphatic hydroxyl groups is 1. The first-order valence-electron chi connectivity index (χ1n) is 7.37. The van der Waals surface area contributed by atoms with Crippen molar-refractivity contribution in [2.75, 3.05) is 6.79 Å². The van der Waals surface area contributed by atoms with E-state index in [1.807, 2.05) is 13.0 Å². The number of aryl methyl sites for hydroxylation is 1. The molecule has 112 valence electrons. The molecule has 1 aromatic rings. The van der Waals surface area contributed by atoms with Gasteiger partial charge < -0.3 is 19.9 Å². The topological polar surface area (TPSA) is 50.7 Å². The van der Waals surface area contributed by atoms with Crippen molar-refractivity contribution >= 4 is 0 Å². The van der Waals surface area contributed by atoms with Crippen LogP contribution in [0.1, 0.15) is 39.2 Å². The molecule has 3 atom stereocenters. The monoisotopic (exact) mass is 279 g/mol. The zero-order valence-corrected chi connectivity index (χ0v) is 12.6. The Morgan fingerprint density at radius 2 is 1.90 bits per heavy atom. The number of nitrogens with one attached hydrogen (secondary N) is 1. The summed E-state index contributed by atoms with van der Waals surface area (Å²) in [5.41, 5.74) is 1.27. The fraction of sp³-hybridized carbons (Fsp3) is 0.625. The quantitative estimate of drug-likeness (QED) is 0.805. The highest BCUT2D eigenvalue weighted by atomic mass is 16.7. The Hall–Kier alpha value is -1.26. The van der Waals surface area contributed by atoms with E-state index in [1.54, 1.807) is 0 Å². The molecule has 0 saturated carbocycles. The van der Waals surface area contributed by atoms with Crippen LogP contribution in [0.3, 0.4) is 0 Å². The predicted octanol–water partition coefficient (Wildman–Crippen LogP) is 2.49. The summed E-state index contributed by atoms with van der Waals surface area (Å²) in [7, 11) is 0. The van der Waals surface area contributed by atoms with Crippen LogP contribution in [0.2, 0.25) is 0 Å². The van der Waals surface area contributed by atoms with Crippen molar-refractivity contribution in [2.24, 2.45) is 0 Å². The molecule has 0 bridgehead atoms. The SMILES string of the molecule is CC(O)CC(C)NC(C)CCc1ccc2c(c1)OCO2. The van der Waals surface area contributed by atoms with Crippen LogP contribution in [-0.2, 0) is 6.42 Å². The third-order valence-corrected chi connectivity index (χ3v) is 3.57. The molecule has 4 heteroatoms. The zero-order valence-electron chi connectivity index (χ0n) is 12.6. The maximum atomic E-state index is 9.37. The van der Waals surface area contributed by atoms with Crippen molar-refractivity contribution in [3.05, 3.63) is 23.8 Å². The largest absolute Gasteiger partial charge is 0.454 e. The summed E-state index contributed by atoms with van der Waals surface area (Å²) in [5.74, 6) is 1.69. The lowest BCUT2D eigenvalue weighted by atomic mass is 10.0. The van der Waals surface area contributed by atoms with Crippen molar-refractivity contribution in [1.82, 2.24) is 5.32 Å². The summed E-state index contributed by atoms with van der Waals surface area (Å²) >= 11 is 0. The third kappa shape index (κ3) is 4.39. The molecule has 3 unspecified atom stereocenters. The van der Waals surface area contributed by atoms with Gasteiger partial charge >= 0.3 is 0 Å². The van der Waals surface area contributed by atoms with E-state index < -0.39 is 0 Å². The lowest BCUT2D eigenvalue weighted by molar-refractivity contribution is 0.168. The van der Waals surface area contributed by atoms with E-state index in [0.717, 1.165) is 30.8 Å². The summed E-state index contributed by atoms with van der Waals surface area (Å²) < 4.78 is 10.7. The summed E-state index contributed by atoms with van der Waals surface area (Å²) in [4.78, 5) is 0. The Bertz CT molecular complexity index is 434. The van der Waals surface area contributed by atoms with E-state index in [9.17, 15) is 5.11 Å². The van der Waals surface area contributed by atoms with E-state index in [1.165, 1.54) is 5.56 Å². The summed E-state index contributed by atoms with van der Waals surface area (Å²) in [6, 6.07) is 6.90. The third-order valence-electron chi connectivity index (χ3n) is 3.57. The van der Waals surface area contributed by atoms with Crippen LogP contribution < -0.4 is 14.8 Å². The molecule has 0 amide bonds. The van der Waals surface area contributed by atoms with Crippen LogP contribution in [-0.4, -0.2) is 30.1 Å². The molecule has 2 rings (SSSR count). The van der Waals surface area contributed by atoms with Crippen LogP contribution in [0.5, 0.6) is 11.5 Å². The lowest BCUT2D eigenvalue weighted by Crippen LogP contribution is -2.36. The molecule has 1 aliphatic heterocycles. The van der Waals surface area contributed by atoms with Gasteiger partial charge in [-0.25, -0.2) is 0 Å². The molecule has 0 aliphatic carbocycles. The molecule has 1 heterocycles. The van der Waals surface area contributed by atoms with Crippen LogP contribution in [0, 0.1) is 0 Å². The van der Waals surface area contributed by atoms with Gasteiger partial charge in [-0.3, -0.25) is 0 Å². The molecule has 0 fully saturated rings. The van der Waals surface area contributed by atoms with Crippen LogP contribution in [0.25, 0.3) is 0 Å². The fourth-order valence-corrected chi connectivity index (χ4v) is 2.63. The first kappa shape index (κ1) is 15.1. The van der Waals surface area contributed by atoms with Gasteiger partial charge in [-0.05, 0) is 57.7 Å². The van der Waals surface area contributed by atoms with Crippen LogP contribution in [0.15, 0.2) is 18.2 Å². The zero-order chi connectivity index (χ0) is 14.5. The highest BCUT2D eigenvalue weighted by molar-refractivity contribution is 5.44. The second-order valence-electron chi connectivity index (χ2n) is 5.78. The van der Waals surface area contributed by atoms with Gasteiger partial charge in [0.2, 0.25) is 6.79 Å². The number of rotatable bonds is 7. The molecular formula is C16H25NO3. The maximum Gasteiger partial charge on any atom is 0.231 e. The lowest BCUT2D eigenvalue weighted by Gasteiger charge is -2.21. The van der Waals surface area contributed by atoms with E-state index in [0.29, 0.717) is 18.9 Å². The standard InChI is InChI=1S/C16H25NO3/c1-11(17-12(2)8-13(3)18)4-5-14-6-7-15-16(9-14)20-10-19-15/h6-7,9,11-13,17-18H,4-5,8,10H2,1-3H3. The fourth-order valence-electron chi connectivity index (χ4n) is 2.63. The molecule has 2 N–H and O–H groups in total. The van der Waals surface area contributed by atoms with Crippen molar-refractivity contribution in [3.8, 4) is 11.5 Å². The van der Waals surface area contributed by atoms with E-state index >= 15 is 0 Å². The normalized spacial score (nSPS) is 17.8. The summed E-state index contributed by atoms with van der Waals surface area (Å²) in [5, 5.41) is 12.9. The van der Waals surface area contributed by atoms with Crippen LogP contribution in [0.4, 0.5) is 0 Å². The number of benzene rings is 1. The maximum absolute atomic E-state index is 9.37. The first-order chi connectivity index (χ1) is 9.54. The van der Waals surface area contributed by atoms with Crippen molar-refractivity contribution in [1.29, 1.82) is 0 Å². The minimum Gasteiger partial charge on any atom is -0.454 e. The Morgan fingerprint density at radius 3 is 2.65 bits per heavy atom. The van der Waals surface area contributed by atoms with E-state index in [-0.39, 0.29) is 6.10 Å². The molecular weight excluding hydrogens is 254 g/mol. The molecule has 4 nitrogen and oxygen atoms in total. The molecule has 0 radical (unpaired) electrons. The number of hydrogen-bond donors (Lipinski definition) is 2. The van der Waals surface area contributed by atoms with Gasteiger partial charge in [0.05, 0.1) is 6.10 Å². The Morgan fingerprint density at radius 1 is 1.15 bits per heavy atom. The Balaban J connectivity index is 1.77. The number of hydrogen-bond acceptors (Lipinski definition) is 4. The smallest absolute Gasteiger partial charge is 0.231 e. The van der Waals surface area contributed by atoms with Crippen molar-refractivity contribution < 1.29 is 14.6 Å². The average molecular weight is 279 g/mol. The average Bonchev–Trinajstić information content (AvgIpc) is 2.82. The van der Waals surface area contributed by atoms with Gasteiger partial charge in [-0.15, -0.1) is 0 Å². The van der Waals surface area contributed by atoms with Crippen molar-refractivity contribution in [3.63, 3.8) is 0 Å². The van der Waals surface area contributed by atoms with Crippen LogP contribution >= 0.6 is 0 Å². The van der Waals surface area contributed by atoms with E-state index in [4.69, 9.17) is 9.47 Å². The molecule has 1 aliphatic rings. The molecule has 1 aromatic carbocycles. The second kappa shape index (κ2) is 6.95. The first-order valence-corrected chi connectivity index (χ1v) is 7.37. The van der Waals surface area contributed by atoms with Gasteiger partial charge in [-0.2, -0.15) is 0 Å². The molecule has 0 saturated heterocycles. The van der Waals surface area contributed by atoms with Gasteiger partial charge in [0.25, 0.3) is 0 Å². The Kier molecular flexibility index (Phi) is 5.26. The second-order valence-corrected chi connectivity index (χ2v) is 5.78. The highest BCUT2D eigenvalue weighted by Gasteiger charge is 2.14.